The van der Waals surface area contributed by atoms with E-state index >= 15 is 0 Å². The minimum absolute atomic E-state index is 0. The first-order valence-electron chi connectivity index (χ1n) is 9.47. The van der Waals surface area contributed by atoms with E-state index in [0.29, 0.717) is 11.9 Å². The summed E-state index contributed by atoms with van der Waals surface area (Å²) in [4.78, 5) is 17.2. The van der Waals surface area contributed by atoms with Crippen LogP contribution < -0.4 is 10.6 Å². The number of nitrogens with one attached hydrogen (secondary N) is 2. The Hall–Kier alpha value is -1.14. The van der Waals surface area contributed by atoms with Gasteiger partial charge in [-0.15, -0.1) is 12.4 Å². The van der Waals surface area contributed by atoms with Crippen LogP contribution in [0.4, 0.5) is 5.95 Å². The highest BCUT2D eigenvalue weighted by Crippen LogP contribution is 2.33. The van der Waals surface area contributed by atoms with Crippen molar-refractivity contribution in [3.8, 4) is 0 Å². The van der Waals surface area contributed by atoms with Crippen molar-refractivity contribution in [2.45, 2.75) is 58.3 Å². The van der Waals surface area contributed by atoms with Crippen LogP contribution in [0.5, 0.6) is 0 Å². The van der Waals surface area contributed by atoms with Crippen LogP contribution in [0.25, 0.3) is 0 Å². The SMILES string of the molecule is CC(C)C1CCC(C(=O)Nc2nc(C3CCNCC3)nn2C)CC1.Cl. The van der Waals surface area contributed by atoms with Gasteiger partial charge in [0.1, 0.15) is 0 Å². The first kappa shape index (κ1) is 20.2. The van der Waals surface area contributed by atoms with Gasteiger partial charge in [-0.05, 0) is 63.5 Å². The minimum Gasteiger partial charge on any atom is -0.317 e. The van der Waals surface area contributed by atoms with Gasteiger partial charge in [0, 0.05) is 18.9 Å². The highest BCUT2D eigenvalue weighted by molar-refractivity contribution is 5.91. The van der Waals surface area contributed by atoms with E-state index in [1.807, 2.05) is 7.05 Å². The molecule has 7 heteroatoms. The minimum atomic E-state index is 0. The number of aromatic nitrogens is 3. The first-order chi connectivity index (χ1) is 11.5. The molecule has 2 fully saturated rings. The van der Waals surface area contributed by atoms with Gasteiger partial charge in [-0.2, -0.15) is 10.1 Å². The Bertz CT molecular complexity index is 560. The van der Waals surface area contributed by atoms with Crippen LogP contribution in [0.3, 0.4) is 0 Å². The number of hydrogen-bond acceptors (Lipinski definition) is 4. The average molecular weight is 370 g/mol. The molecule has 1 saturated carbocycles. The van der Waals surface area contributed by atoms with Crippen LogP contribution >= 0.6 is 12.4 Å². The number of halogens is 1. The molecule has 3 rings (SSSR count). The molecule has 1 saturated heterocycles. The molecule has 0 unspecified atom stereocenters. The zero-order valence-electron chi connectivity index (χ0n) is 15.6. The molecule has 2 heterocycles. The maximum Gasteiger partial charge on any atom is 0.229 e. The van der Waals surface area contributed by atoms with Crippen LogP contribution in [-0.4, -0.2) is 33.8 Å². The number of rotatable bonds is 4. The Balaban J connectivity index is 0.00000225. The van der Waals surface area contributed by atoms with Gasteiger partial charge < -0.3 is 5.32 Å². The predicted octanol–water partition coefficient (Wildman–Crippen LogP) is 3.10. The molecule has 2 aliphatic rings. The number of piperidine rings is 1. The second-order valence-corrected chi connectivity index (χ2v) is 7.79. The molecular formula is C18H32ClN5O. The van der Waals surface area contributed by atoms with Crippen molar-refractivity contribution in [1.29, 1.82) is 0 Å². The molecule has 25 heavy (non-hydrogen) atoms. The largest absolute Gasteiger partial charge is 0.317 e. The molecule has 0 bridgehead atoms. The quantitative estimate of drug-likeness (QED) is 0.855. The fraction of sp³-hybridized carbons (Fsp3) is 0.833. The Morgan fingerprint density at radius 2 is 1.80 bits per heavy atom. The zero-order chi connectivity index (χ0) is 17.1. The van der Waals surface area contributed by atoms with E-state index in [0.717, 1.165) is 69.3 Å². The molecule has 142 valence electrons. The molecule has 6 nitrogen and oxygen atoms in total. The molecule has 1 aromatic rings. The lowest BCUT2D eigenvalue weighted by Crippen LogP contribution is -2.29. The fourth-order valence-corrected chi connectivity index (χ4v) is 4.03. The summed E-state index contributed by atoms with van der Waals surface area (Å²) in [5.41, 5.74) is 0. The molecule has 0 radical (unpaired) electrons. The van der Waals surface area contributed by atoms with E-state index in [2.05, 4.69) is 34.6 Å². The second-order valence-electron chi connectivity index (χ2n) is 7.79. The van der Waals surface area contributed by atoms with Crippen LogP contribution in [0, 0.1) is 17.8 Å². The molecule has 1 aromatic heterocycles. The topological polar surface area (TPSA) is 71.8 Å². The Labute approximate surface area is 157 Å². The Kier molecular flexibility index (Phi) is 7.25. The third kappa shape index (κ3) is 4.94. The van der Waals surface area contributed by atoms with Gasteiger partial charge in [-0.25, -0.2) is 4.68 Å². The number of hydrogen-bond donors (Lipinski definition) is 2. The average Bonchev–Trinajstić information content (AvgIpc) is 2.96. The number of anilines is 1. The highest BCUT2D eigenvalue weighted by Gasteiger charge is 2.29. The first-order valence-corrected chi connectivity index (χ1v) is 9.47. The van der Waals surface area contributed by atoms with Crippen molar-refractivity contribution in [2.75, 3.05) is 18.4 Å². The molecule has 1 aliphatic carbocycles. The van der Waals surface area contributed by atoms with Crippen LogP contribution in [0.2, 0.25) is 0 Å². The van der Waals surface area contributed by atoms with E-state index < -0.39 is 0 Å². The summed E-state index contributed by atoms with van der Waals surface area (Å²) in [6, 6.07) is 0. The number of aryl methyl sites for hydroxylation is 1. The molecular weight excluding hydrogens is 338 g/mol. The van der Waals surface area contributed by atoms with Crippen molar-refractivity contribution in [1.82, 2.24) is 20.1 Å². The van der Waals surface area contributed by atoms with Gasteiger partial charge in [0.05, 0.1) is 0 Å². The third-order valence-electron chi connectivity index (χ3n) is 5.80. The Morgan fingerprint density at radius 1 is 1.16 bits per heavy atom. The van der Waals surface area contributed by atoms with Crippen molar-refractivity contribution in [3.63, 3.8) is 0 Å². The van der Waals surface area contributed by atoms with Crippen molar-refractivity contribution < 1.29 is 4.79 Å². The summed E-state index contributed by atoms with van der Waals surface area (Å²) in [5.74, 6) is 3.61. The lowest BCUT2D eigenvalue weighted by Gasteiger charge is -2.29. The maximum atomic E-state index is 12.6. The predicted molar refractivity (Wildman–Crippen MR) is 102 cm³/mol. The normalized spacial score (nSPS) is 24.8. The molecule has 0 aromatic carbocycles. The van der Waals surface area contributed by atoms with E-state index in [1.165, 1.54) is 0 Å². The van der Waals surface area contributed by atoms with Crippen LogP contribution in [0.15, 0.2) is 0 Å². The smallest absolute Gasteiger partial charge is 0.229 e. The van der Waals surface area contributed by atoms with Gasteiger partial charge in [0.25, 0.3) is 0 Å². The summed E-state index contributed by atoms with van der Waals surface area (Å²) >= 11 is 0. The number of amides is 1. The molecule has 2 N–H and O–H groups in total. The zero-order valence-corrected chi connectivity index (χ0v) is 16.4. The summed E-state index contributed by atoms with van der Waals surface area (Å²) in [6.07, 6.45) is 6.44. The van der Waals surface area contributed by atoms with Crippen molar-refractivity contribution in [2.24, 2.45) is 24.8 Å². The molecule has 1 amide bonds. The monoisotopic (exact) mass is 369 g/mol. The summed E-state index contributed by atoms with van der Waals surface area (Å²) in [7, 11) is 1.86. The standard InChI is InChI=1S/C18H31N5O.ClH/c1-12(2)13-4-6-15(7-5-13)17(24)21-18-20-16(22-23(18)3)14-8-10-19-11-9-14;/h12-15,19H,4-11H2,1-3H3,(H,20,21,22,24);1H. The highest BCUT2D eigenvalue weighted by atomic mass is 35.5. The van der Waals surface area contributed by atoms with E-state index in [4.69, 9.17) is 0 Å². The molecule has 1 aliphatic heterocycles. The lowest BCUT2D eigenvalue weighted by molar-refractivity contribution is -0.121. The van der Waals surface area contributed by atoms with Crippen LogP contribution in [0.1, 0.15) is 64.1 Å². The van der Waals surface area contributed by atoms with Crippen molar-refractivity contribution >= 4 is 24.3 Å². The van der Waals surface area contributed by atoms with Gasteiger partial charge in [-0.3, -0.25) is 10.1 Å². The van der Waals surface area contributed by atoms with E-state index in [-0.39, 0.29) is 24.2 Å². The fourth-order valence-electron chi connectivity index (χ4n) is 4.03. The Morgan fingerprint density at radius 3 is 2.40 bits per heavy atom. The van der Waals surface area contributed by atoms with Gasteiger partial charge >= 0.3 is 0 Å². The van der Waals surface area contributed by atoms with Crippen LogP contribution in [-0.2, 0) is 11.8 Å². The van der Waals surface area contributed by atoms with Gasteiger partial charge in [-0.1, -0.05) is 13.8 Å². The molecule has 0 atom stereocenters. The summed E-state index contributed by atoms with van der Waals surface area (Å²) in [5, 5.41) is 10.9. The number of carbonyl (C=O) groups excluding carboxylic acids is 1. The third-order valence-corrected chi connectivity index (χ3v) is 5.80. The van der Waals surface area contributed by atoms with Crippen molar-refractivity contribution in [3.05, 3.63) is 5.82 Å². The lowest BCUT2D eigenvalue weighted by atomic mass is 9.77. The number of nitrogens with zero attached hydrogens (tertiary/aromatic N) is 3. The summed E-state index contributed by atoms with van der Waals surface area (Å²) < 4.78 is 1.72. The second kappa shape index (κ2) is 8.99. The maximum absolute atomic E-state index is 12.6. The number of carbonyl (C=O) groups is 1. The van der Waals surface area contributed by atoms with E-state index in [9.17, 15) is 4.79 Å². The summed E-state index contributed by atoms with van der Waals surface area (Å²) in [6.45, 7) is 6.60. The molecule has 0 spiro atoms. The van der Waals surface area contributed by atoms with Gasteiger partial charge in [0.2, 0.25) is 11.9 Å². The van der Waals surface area contributed by atoms with E-state index in [1.54, 1.807) is 4.68 Å². The van der Waals surface area contributed by atoms with Gasteiger partial charge in [0.15, 0.2) is 5.82 Å².